The number of piperidine rings is 1. The molecule has 17 heavy (non-hydrogen) atoms. The monoisotopic (exact) mass is 253 g/mol. The Bertz CT molecular complexity index is 338. The van der Waals surface area contributed by atoms with Crippen LogP contribution in [-0.2, 0) is 0 Å². The van der Waals surface area contributed by atoms with Crippen molar-refractivity contribution in [3.63, 3.8) is 0 Å². The molecule has 1 aromatic heterocycles. The van der Waals surface area contributed by atoms with Gasteiger partial charge in [0.25, 0.3) is 0 Å². The summed E-state index contributed by atoms with van der Waals surface area (Å²) >= 11 is 1.76. The van der Waals surface area contributed by atoms with Crippen molar-refractivity contribution in [2.45, 2.75) is 45.2 Å². The molecule has 0 amide bonds. The van der Waals surface area contributed by atoms with E-state index in [1.165, 1.54) is 5.01 Å². The summed E-state index contributed by atoms with van der Waals surface area (Å²) in [6.45, 7) is 9.08. The number of hydrogen-bond acceptors (Lipinski definition) is 4. The van der Waals surface area contributed by atoms with Crippen molar-refractivity contribution < 1.29 is 0 Å². The second-order valence-electron chi connectivity index (χ2n) is 5.32. The van der Waals surface area contributed by atoms with Crippen LogP contribution in [-0.4, -0.2) is 35.1 Å². The highest BCUT2D eigenvalue weighted by Crippen LogP contribution is 2.26. The van der Waals surface area contributed by atoms with Gasteiger partial charge >= 0.3 is 0 Å². The molecule has 0 spiro atoms. The predicted molar refractivity (Wildman–Crippen MR) is 73.3 cm³/mol. The number of thiazole rings is 1. The quantitative estimate of drug-likeness (QED) is 0.899. The average Bonchev–Trinajstić information content (AvgIpc) is 2.83. The van der Waals surface area contributed by atoms with Crippen LogP contribution in [0.15, 0.2) is 11.6 Å². The normalized spacial score (nSPS) is 32.6. The fourth-order valence-electron chi connectivity index (χ4n) is 2.64. The Morgan fingerprint density at radius 2 is 2.35 bits per heavy atom. The predicted octanol–water partition coefficient (Wildman–Crippen LogP) is 2.30. The summed E-state index contributed by atoms with van der Waals surface area (Å²) in [4.78, 5) is 6.98. The molecule has 0 bridgehead atoms. The molecule has 1 saturated heterocycles. The first-order valence-electron chi connectivity index (χ1n) is 6.48. The highest BCUT2D eigenvalue weighted by molar-refractivity contribution is 7.09. The van der Waals surface area contributed by atoms with Gasteiger partial charge in [0.05, 0.1) is 5.01 Å². The second-order valence-corrected chi connectivity index (χ2v) is 6.24. The minimum atomic E-state index is 0.372. The molecule has 0 saturated carbocycles. The Kier molecular flexibility index (Phi) is 4.17. The molecule has 1 aliphatic rings. The minimum Gasteiger partial charge on any atom is -0.327 e. The third-order valence-electron chi connectivity index (χ3n) is 4.14. The summed E-state index contributed by atoms with van der Waals surface area (Å²) in [7, 11) is 0. The summed E-state index contributed by atoms with van der Waals surface area (Å²) < 4.78 is 0. The number of aromatic nitrogens is 1. The van der Waals surface area contributed by atoms with Crippen LogP contribution in [0.2, 0.25) is 0 Å². The van der Waals surface area contributed by atoms with E-state index in [2.05, 4.69) is 36.0 Å². The van der Waals surface area contributed by atoms with E-state index >= 15 is 0 Å². The van der Waals surface area contributed by atoms with Gasteiger partial charge in [-0.15, -0.1) is 11.3 Å². The highest BCUT2D eigenvalue weighted by Gasteiger charge is 2.31. The van der Waals surface area contributed by atoms with Crippen LogP contribution < -0.4 is 5.73 Å². The van der Waals surface area contributed by atoms with E-state index in [0.717, 1.165) is 19.5 Å². The van der Waals surface area contributed by atoms with E-state index in [4.69, 9.17) is 5.73 Å². The molecular formula is C13H23N3S. The average molecular weight is 253 g/mol. The molecule has 0 radical (unpaired) electrons. The van der Waals surface area contributed by atoms with Crippen molar-refractivity contribution in [3.8, 4) is 0 Å². The SMILES string of the molecule is CC(CN1CCC(N)C(C)C1C)c1nccs1. The van der Waals surface area contributed by atoms with Crippen LogP contribution in [0, 0.1) is 5.92 Å². The molecule has 1 fully saturated rings. The van der Waals surface area contributed by atoms with Gasteiger partial charge in [-0.25, -0.2) is 4.98 Å². The van der Waals surface area contributed by atoms with Gasteiger partial charge in [0, 0.05) is 36.1 Å². The lowest BCUT2D eigenvalue weighted by Gasteiger charge is -2.42. The molecule has 2 heterocycles. The van der Waals surface area contributed by atoms with Gasteiger partial charge in [0.1, 0.15) is 0 Å². The van der Waals surface area contributed by atoms with Crippen molar-refractivity contribution >= 4 is 11.3 Å². The topological polar surface area (TPSA) is 42.1 Å². The van der Waals surface area contributed by atoms with E-state index < -0.39 is 0 Å². The molecule has 96 valence electrons. The minimum absolute atomic E-state index is 0.372. The van der Waals surface area contributed by atoms with Crippen LogP contribution in [0.25, 0.3) is 0 Å². The van der Waals surface area contributed by atoms with E-state index in [0.29, 0.717) is 23.9 Å². The van der Waals surface area contributed by atoms with E-state index in [-0.39, 0.29) is 0 Å². The zero-order valence-corrected chi connectivity index (χ0v) is 11.8. The molecule has 4 atom stereocenters. The number of likely N-dealkylation sites (tertiary alicyclic amines) is 1. The van der Waals surface area contributed by atoms with Gasteiger partial charge in [-0.1, -0.05) is 13.8 Å². The van der Waals surface area contributed by atoms with Gasteiger partial charge in [-0.2, -0.15) is 0 Å². The number of nitrogens with zero attached hydrogens (tertiary/aromatic N) is 2. The maximum absolute atomic E-state index is 6.12. The van der Waals surface area contributed by atoms with Crippen LogP contribution in [0.4, 0.5) is 0 Å². The third-order valence-corrected chi connectivity index (χ3v) is 5.15. The maximum atomic E-state index is 6.12. The Labute approximate surface area is 108 Å². The van der Waals surface area contributed by atoms with E-state index in [9.17, 15) is 0 Å². The number of hydrogen-bond donors (Lipinski definition) is 1. The fourth-order valence-corrected chi connectivity index (χ4v) is 3.33. The lowest BCUT2D eigenvalue weighted by Crippen LogP contribution is -2.52. The molecule has 0 aromatic carbocycles. The van der Waals surface area contributed by atoms with Crippen LogP contribution in [0.3, 0.4) is 0 Å². The molecule has 2 N–H and O–H groups in total. The molecule has 4 unspecified atom stereocenters. The fraction of sp³-hybridized carbons (Fsp3) is 0.769. The molecular weight excluding hydrogens is 230 g/mol. The van der Waals surface area contributed by atoms with Crippen LogP contribution >= 0.6 is 11.3 Å². The smallest absolute Gasteiger partial charge is 0.0965 e. The molecule has 1 aliphatic heterocycles. The van der Waals surface area contributed by atoms with Crippen LogP contribution in [0.1, 0.15) is 38.1 Å². The molecule has 1 aromatic rings. The zero-order valence-electron chi connectivity index (χ0n) is 11.0. The summed E-state index contributed by atoms with van der Waals surface area (Å²) in [6.07, 6.45) is 3.02. The molecule has 2 rings (SSSR count). The van der Waals surface area contributed by atoms with Crippen LogP contribution in [0.5, 0.6) is 0 Å². The Morgan fingerprint density at radius 3 is 3.00 bits per heavy atom. The molecule has 3 nitrogen and oxygen atoms in total. The zero-order chi connectivity index (χ0) is 12.4. The lowest BCUT2D eigenvalue weighted by molar-refractivity contribution is 0.0930. The standard InChI is InChI=1S/C13H23N3S/c1-9(13-15-5-7-17-13)8-16-6-4-12(14)10(2)11(16)3/h5,7,9-12H,4,6,8,14H2,1-3H3. The highest BCUT2D eigenvalue weighted by atomic mass is 32.1. The van der Waals surface area contributed by atoms with Crippen molar-refractivity contribution in [2.24, 2.45) is 11.7 Å². The van der Waals surface area contributed by atoms with Gasteiger partial charge < -0.3 is 5.73 Å². The second kappa shape index (κ2) is 5.46. The van der Waals surface area contributed by atoms with Crippen molar-refractivity contribution in [1.29, 1.82) is 0 Å². The van der Waals surface area contributed by atoms with Gasteiger partial charge in [0.2, 0.25) is 0 Å². The van der Waals surface area contributed by atoms with Crippen molar-refractivity contribution in [3.05, 3.63) is 16.6 Å². The largest absolute Gasteiger partial charge is 0.327 e. The summed E-state index contributed by atoms with van der Waals surface area (Å²) in [5.41, 5.74) is 6.12. The summed E-state index contributed by atoms with van der Waals surface area (Å²) in [5.74, 6) is 1.12. The summed E-state index contributed by atoms with van der Waals surface area (Å²) in [5, 5.41) is 3.31. The third kappa shape index (κ3) is 2.87. The molecule has 4 heteroatoms. The Hall–Kier alpha value is -0.450. The molecule has 0 aliphatic carbocycles. The van der Waals surface area contributed by atoms with Crippen molar-refractivity contribution in [1.82, 2.24) is 9.88 Å². The number of nitrogens with two attached hydrogens (primary N) is 1. The number of rotatable bonds is 3. The Morgan fingerprint density at radius 1 is 1.59 bits per heavy atom. The first-order valence-corrected chi connectivity index (χ1v) is 7.36. The summed E-state index contributed by atoms with van der Waals surface area (Å²) in [6, 6.07) is 0.956. The van der Waals surface area contributed by atoms with E-state index in [1.54, 1.807) is 11.3 Å². The van der Waals surface area contributed by atoms with Crippen molar-refractivity contribution in [2.75, 3.05) is 13.1 Å². The van der Waals surface area contributed by atoms with Gasteiger partial charge in [-0.3, -0.25) is 4.90 Å². The van der Waals surface area contributed by atoms with E-state index in [1.807, 2.05) is 6.20 Å². The van der Waals surface area contributed by atoms with Gasteiger partial charge in [0.15, 0.2) is 0 Å². The first kappa shape index (κ1) is 13.0. The lowest BCUT2D eigenvalue weighted by atomic mass is 9.87. The first-order chi connectivity index (χ1) is 8.09. The van der Waals surface area contributed by atoms with Gasteiger partial charge in [-0.05, 0) is 25.8 Å². The maximum Gasteiger partial charge on any atom is 0.0965 e. The Balaban J connectivity index is 1.95.